The van der Waals surface area contributed by atoms with Gasteiger partial charge in [0.15, 0.2) is 6.61 Å². The van der Waals surface area contributed by atoms with E-state index in [0.29, 0.717) is 11.4 Å². The molecule has 1 amide bonds. The van der Waals surface area contributed by atoms with Crippen molar-refractivity contribution in [2.45, 2.75) is 19.9 Å². The second kappa shape index (κ2) is 6.75. The van der Waals surface area contributed by atoms with Gasteiger partial charge in [-0.25, -0.2) is 4.79 Å². The van der Waals surface area contributed by atoms with Gasteiger partial charge in [0.05, 0.1) is 13.2 Å². The highest BCUT2D eigenvalue weighted by Gasteiger charge is 2.10. The third-order valence-corrected chi connectivity index (χ3v) is 2.45. The molecule has 0 bridgehead atoms. The van der Waals surface area contributed by atoms with Gasteiger partial charge < -0.3 is 20.5 Å². The number of nitrogens with one attached hydrogen (secondary N) is 1. The molecule has 6 nitrogen and oxygen atoms in total. The number of rotatable bonds is 5. The minimum atomic E-state index is -0.574. The van der Waals surface area contributed by atoms with Gasteiger partial charge in [-0.05, 0) is 37.6 Å². The van der Waals surface area contributed by atoms with E-state index in [1.54, 1.807) is 25.1 Å². The van der Waals surface area contributed by atoms with Crippen molar-refractivity contribution in [3.05, 3.63) is 23.8 Å². The summed E-state index contributed by atoms with van der Waals surface area (Å²) in [5, 5.41) is 2.70. The van der Waals surface area contributed by atoms with E-state index in [1.807, 2.05) is 6.92 Å². The van der Waals surface area contributed by atoms with Gasteiger partial charge in [-0.15, -0.1) is 0 Å². The molecule has 0 fully saturated rings. The Kier molecular flexibility index (Phi) is 5.32. The van der Waals surface area contributed by atoms with Gasteiger partial charge in [0.2, 0.25) is 5.91 Å². The number of carbonyl (C=O) groups excluding carboxylic acids is 2. The molecule has 0 saturated heterocycles. The molecule has 0 spiro atoms. The summed E-state index contributed by atoms with van der Waals surface area (Å²) in [4.78, 5) is 22.4. The summed E-state index contributed by atoms with van der Waals surface area (Å²) in [5.74, 6) is -0.181. The lowest BCUT2D eigenvalue weighted by atomic mass is 10.2. The number of benzene rings is 1. The summed E-state index contributed by atoms with van der Waals surface area (Å²) in [6, 6.07) is 4.50. The molecule has 3 N–H and O–H groups in total. The molecule has 0 heterocycles. The topological polar surface area (TPSA) is 90.6 Å². The van der Waals surface area contributed by atoms with Crippen molar-refractivity contribution in [1.82, 2.24) is 0 Å². The number of methoxy groups -OCH3 is 1. The normalized spacial score (nSPS) is 11.6. The van der Waals surface area contributed by atoms with E-state index in [9.17, 15) is 9.59 Å². The van der Waals surface area contributed by atoms with Gasteiger partial charge in [0.25, 0.3) is 0 Å². The van der Waals surface area contributed by atoms with Gasteiger partial charge >= 0.3 is 5.97 Å². The fraction of sp³-hybridized carbons (Fsp3) is 0.385. The number of hydrogen-bond acceptors (Lipinski definition) is 5. The Morgan fingerprint density at radius 2 is 2.11 bits per heavy atom. The van der Waals surface area contributed by atoms with Gasteiger partial charge in [0.1, 0.15) is 5.75 Å². The number of anilines is 1. The lowest BCUT2D eigenvalue weighted by Gasteiger charge is -2.12. The zero-order chi connectivity index (χ0) is 14.4. The van der Waals surface area contributed by atoms with Crippen LogP contribution in [-0.2, 0) is 14.3 Å². The first-order valence-corrected chi connectivity index (χ1v) is 5.80. The molecule has 0 unspecified atom stereocenters. The number of aryl methyl sites for hydroxylation is 1. The van der Waals surface area contributed by atoms with Crippen LogP contribution < -0.4 is 15.8 Å². The van der Waals surface area contributed by atoms with Crippen LogP contribution in [0.4, 0.5) is 5.69 Å². The highest BCUT2D eigenvalue weighted by atomic mass is 16.6. The first kappa shape index (κ1) is 15.0. The minimum absolute atomic E-state index is 0.151. The summed E-state index contributed by atoms with van der Waals surface area (Å²) >= 11 is 0. The number of amides is 1. The highest BCUT2D eigenvalue weighted by Crippen LogP contribution is 2.21. The van der Waals surface area contributed by atoms with E-state index < -0.39 is 12.0 Å². The molecule has 0 aliphatic heterocycles. The lowest BCUT2D eigenvalue weighted by molar-refractivity contribution is -0.142. The van der Waals surface area contributed by atoms with Gasteiger partial charge in [-0.3, -0.25) is 4.79 Å². The molecule has 0 saturated carbocycles. The maximum Gasteiger partial charge on any atom is 0.343 e. The molecule has 0 radical (unpaired) electrons. The maximum atomic E-state index is 11.5. The minimum Gasteiger partial charge on any atom is -0.482 e. The summed E-state index contributed by atoms with van der Waals surface area (Å²) in [7, 11) is 1.30. The molecular weight excluding hydrogens is 248 g/mol. The number of esters is 1. The molecule has 0 aliphatic carbocycles. The van der Waals surface area contributed by atoms with Crippen molar-refractivity contribution in [3.8, 4) is 5.75 Å². The predicted octanol–water partition coefficient (Wildman–Crippen LogP) is 0.833. The van der Waals surface area contributed by atoms with Crippen LogP contribution in [0.15, 0.2) is 18.2 Å². The van der Waals surface area contributed by atoms with Crippen LogP contribution in [0, 0.1) is 6.92 Å². The highest BCUT2D eigenvalue weighted by molar-refractivity contribution is 5.95. The molecule has 1 atom stereocenters. The Morgan fingerprint density at radius 3 is 2.63 bits per heavy atom. The third kappa shape index (κ3) is 4.59. The molecule has 19 heavy (non-hydrogen) atoms. The Bertz CT molecular complexity index is 472. The summed E-state index contributed by atoms with van der Waals surface area (Å²) in [6.07, 6.45) is 0. The SMILES string of the molecule is COC(=O)COc1ccc(NC(=O)[C@H](C)N)c(C)c1. The average molecular weight is 266 g/mol. The maximum absolute atomic E-state index is 11.5. The van der Waals surface area contributed by atoms with Crippen molar-refractivity contribution in [2.24, 2.45) is 5.73 Å². The second-order valence-corrected chi connectivity index (χ2v) is 4.12. The Labute approximate surface area is 111 Å². The number of carbonyl (C=O) groups is 2. The average Bonchev–Trinajstić information content (AvgIpc) is 2.38. The van der Waals surface area contributed by atoms with Gasteiger partial charge in [-0.2, -0.15) is 0 Å². The molecular formula is C13H18N2O4. The van der Waals surface area contributed by atoms with Crippen molar-refractivity contribution < 1.29 is 19.1 Å². The standard InChI is InChI=1S/C13H18N2O4/c1-8-6-10(19-7-12(16)18-3)4-5-11(8)15-13(17)9(2)14/h4-6,9H,7,14H2,1-3H3,(H,15,17)/t9-/m0/s1. The van der Waals surface area contributed by atoms with Crippen molar-refractivity contribution in [2.75, 3.05) is 19.0 Å². The van der Waals surface area contributed by atoms with E-state index >= 15 is 0 Å². The van der Waals surface area contributed by atoms with Crippen molar-refractivity contribution in [1.29, 1.82) is 0 Å². The number of ether oxygens (including phenoxy) is 2. The summed E-state index contributed by atoms with van der Waals surface area (Å²) in [6.45, 7) is 3.28. The Hall–Kier alpha value is -2.08. The predicted molar refractivity (Wildman–Crippen MR) is 71.0 cm³/mol. The van der Waals surface area contributed by atoms with E-state index in [0.717, 1.165) is 5.56 Å². The van der Waals surface area contributed by atoms with Crippen LogP contribution in [0.3, 0.4) is 0 Å². The number of hydrogen-bond donors (Lipinski definition) is 2. The second-order valence-electron chi connectivity index (χ2n) is 4.12. The Balaban J connectivity index is 2.69. The molecule has 1 aromatic carbocycles. The molecule has 104 valence electrons. The molecule has 1 aromatic rings. The van der Waals surface area contributed by atoms with Gasteiger partial charge in [0, 0.05) is 5.69 Å². The lowest BCUT2D eigenvalue weighted by Crippen LogP contribution is -2.32. The van der Waals surface area contributed by atoms with E-state index in [1.165, 1.54) is 7.11 Å². The van der Waals surface area contributed by atoms with Crippen LogP contribution in [0.2, 0.25) is 0 Å². The fourth-order valence-electron chi connectivity index (χ4n) is 1.31. The first-order chi connectivity index (χ1) is 8.93. The van der Waals surface area contributed by atoms with Crippen LogP contribution in [0.5, 0.6) is 5.75 Å². The van der Waals surface area contributed by atoms with Gasteiger partial charge in [-0.1, -0.05) is 0 Å². The van der Waals surface area contributed by atoms with E-state index in [2.05, 4.69) is 10.1 Å². The summed E-state index contributed by atoms with van der Waals surface area (Å²) < 4.78 is 9.71. The number of nitrogens with two attached hydrogens (primary N) is 1. The largest absolute Gasteiger partial charge is 0.482 e. The summed E-state index contributed by atoms with van der Waals surface area (Å²) in [5.41, 5.74) is 6.95. The zero-order valence-corrected chi connectivity index (χ0v) is 11.2. The fourth-order valence-corrected chi connectivity index (χ4v) is 1.31. The van der Waals surface area contributed by atoms with Crippen LogP contribution in [0.25, 0.3) is 0 Å². The molecule has 0 aliphatic rings. The molecule has 6 heteroatoms. The van der Waals surface area contributed by atoms with Crippen LogP contribution in [0.1, 0.15) is 12.5 Å². The quantitative estimate of drug-likeness (QED) is 0.770. The third-order valence-electron chi connectivity index (χ3n) is 2.45. The zero-order valence-electron chi connectivity index (χ0n) is 11.2. The molecule has 1 rings (SSSR count). The van der Waals surface area contributed by atoms with Crippen molar-refractivity contribution in [3.63, 3.8) is 0 Å². The molecule has 0 aromatic heterocycles. The Morgan fingerprint density at radius 1 is 1.42 bits per heavy atom. The van der Waals surface area contributed by atoms with Crippen molar-refractivity contribution >= 4 is 17.6 Å². The monoisotopic (exact) mass is 266 g/mol. The van der Waals surface area contributed by atoms with Crippen LogP contribution in [-0.4, -0.2) is 31.6 Å². The van der Waals surface area contributed by atoms with Crippen LogP contribution >= 0.6 is 0 Å². The first-order valence-electron chi connectivity index (χ1n) is 5.80. The van der Waals surface area contributed by atoms with E-state index in [4.69, 9.17) is 10.5 Å². The smallest absolute Gasteiger partial charge is 0.343 e. The van der Waals surface area contributed by atoms with E-state index in [-0.39, 0.29) is 12.5 Å².